The van der Waals surface area contributed by atoms with Crippen LogP contribution in [0.5, 0.6) is 0 Å². The van der Waals surface area contributed by atoms with Crippen LogP contribution < -0.4 is 5.32 Å². The molecule has 2 aromatic rings. The number of aromatic nitrogens is 2. The first-order valence-electron chi connectivity index (χ1n) is 4.16. The molecule has 0 atom stereocenters. The molecule has 0 aliphatic rings. The van der Waals surface area contributed by atoms with E-state index in [0.29, 0.717) is 12.2 Å². The lowest BCUT2D eigenvalue weighted by Gasteiger charge is -1.99. The van der Waals surface area contributed by atoms with Gasteiger partial charge in [0.2, 0.25) is 0 Å². The molecule has 0 saturated heterocycles. The number of carbonyl (C=O) groups is 1. The molecule has 1 amide bonds. The van der Waals surface area contributed by atoms with Crippen LogP contribution in [0.3, 0.4) is 0 Å². The van der Waals surface area contributed by atoms with Crippen LogP contribution in [0.1, 0.15) is 16.1 Å². The first-order chi connectivity index (χ1) is 6.86. The maximum atomic E-state index is 11.4. The predicted octanol–water partition coefficient (Wildman–Crippen LogP) is 0.933. The molecule has 0 fully saturated rings. The lowest BCUT2D eigenvalue weighted by atomic mass is 10.3. The SMILES string of the molecule is O=C(NCc1cc[nH]c1)c1ccon1. The molecule has 0 aromatic carbocycles. The molecule has 5 heteroatoms. The summed E-state index contributed by atoms with van der Waals surface area (Å²) in [6, 6.07) is 3.41. The Morgan fingerprint density at radius 2 is 2.50 bits per heavy atom. The Bertz CT molecular complexity index is 392. The number of nitrogens with one attached hydrogen (secondary N) is 2. The van der Waals surface area contributed by atoms with E-state index in [4.69, 9.17) is 0 Å². The second-order valence-corrected chi connectivity index (χ2v) is 2.79. The molecule has 0 radical (unpaired) electrons. The number of hydrogen-bond donors (Lipinski definition) is 2. The smallest absolute Gasteiger partial charge is 0.273 e. The Kier molecular flexibility index (Phi) is 2.31. The molecule has 14 heavy (non-hydrogen) atoms. The molecule has 0 aliphatic carbocycles. The molecule has 2 aromatic heterocycles. The summed E-state index contributed by atoms with van der Waals surface area (Å²) in [5.41, 5.74) is 1.31. The number of rotatable bonds is 3. The molecule has 2 heterocycles. The summed E-state index contributed by atoms with van der Waals surface area (Å²) in [6.07, 6.45) is 4.99. The molecule has 0 saturated carbocycles. The second-order valence-electron chi connectivity index (χ2n) is 2.79. The number of H-pyrrole nitrogens is 1. The molecular weight excluding hydrogens is 182 g/mol. The van der Waals surface area contributed by atoms with Crippen LogP contribution in [0.15, 0.2) is 35.3 Å². The number of nitrogens with zero attached hydrogens (tertiary/aromatic N) is 1. The minimum Gasteiger partial charge on any atom is -0.367 e. The highest BCUT2D eigenvalue weighted by molar-refractivity contribution is 5.91. The standard InChI is InChI=1S/C9H9N3O2/c13-9(8-2-4-14-12-8)11-6-7-1-3-10-5-7/h1-5,10H,6H2,(H,11,13). The van der Waals surface area contributed by atoms with Gasteiger partial charge in [-0.15, -0.1) is 0 Å². The third-order valence-electron chi connectivity index (χ3n) is 1.79. The van der Waals surface area contributed by atoms with Crippen LogP contribution in [-0.4, -0.2) is 16.0 Å². The average molecular weight is 191 g/mol. The van der Waals surface area contributed by atoms with E-state index in [1.54, 1.807) is 6.20 Å². The fourth-order valence-electron chi connectivity index (χ4n) is 1.07. The highest BCUT2D eigenvalue weighted by Crippen LogP contribution is 1.98. The van der Waals surface area contributed by atoms with Crippen molar-refractivity contribution in [2.75, 3.05) is 0 Å². The summed E-state index contributed by atoms with van der Waals surface area (Å²) in [4.78, 5) is 14.3. The van der Waals surface area contributed by atoms with Crippen molar-refractivity contribution in [2.45, 2.75) is 6.54 Å². The number of carbonyl (C=O) groups excluding carboxylic acids is 1. The third kappa shape index (κ3) is 1.82. The molecule has 2 N–H and O–H groups in total. The van der Waals surface area contributed by atoms with E-state index in [1.165, 1.54) is 12.3 Å². The van der Waals surface area contributed by atoms with E-state index < -0.39 is 0 Å². The molecule has 2 rings (SSSR count). The van der Waals surface area contributed by atoms with Gasteiger partial charge in [0.25, 0.3) is 5.91 Å². The molecule has 0 unspecified atom stereocenters. The Balaban J connectivity index is 1.90. The summed E-state index contributed by atoms with van der Waals surface area (Å²) in [5, 5.41) is 6.23. The lowest BCUT2D eigenvalue weighted by Crippen LogP contribution is -2.22. The third-order valence-corrected chi connectivity index (χ3v) is 1.79. The summed E-state index contributed by atoms with van der Waals surface area (Å²) in [5.74, 6) is -0.236. The van der Waals surface area contributed by atoms with E-state index >= 15 is 0 Å². The van der Waals surface area contributed by atoms with Crippen molar-refractivity contribution >= 4 is 5.91 Å². The van der Waals surface area contributed by atoms with E-state index in [9.17, 15) is 4.79 Å². The Morgan fingerprint density at radius 3 is 3.14 bits per heavy atom. The fourth-order valence-corrected chi connectivity index (χ4v) is 1.07. The van der Waals surface area contributed by atoms with Crippen LogP contribution in [0.4, 0.5) is 0 Å². The summed E-state index contributed by atoms with van der Waals surface area (Å²) in [6.45, 7) is 0.481. The Hall–Kier alpha value is -2.04. The van der Waals surface area contributed by atoms with Gasteiger partial charge in [0.15, 0.2) is 5.69 Å². The van der Waals surface area contributed by atoms with Crippen molar-refractivity contribution in [1.82, 2.24) is 15.5 Å². The Morgan fingerprint density at radius 1 is 1.57 bits per heavy atom. The maximum Gasteiger partial charge on any atom is 0.273 e. The van der Waals surface area contributed by atoms with Crippen LogP contribution in [-0.2, 0) is 6.54 Å². The van der Waals surface area contributed by atoms with Crippen molar-refractivity contribution in [2.24, 2.45) is 0 Å². The number of aromatic amines is 1. The van der Waals surface area contributed by atoms with Crippen molar-refractivity contribution in [1.29, 1.82) is 0 Å². The van der Waals surface area contributed by atoms with Crippen LogP contribution in [0.2, 0.25) is 0 Å². The van der Waals surface area contributed by atoms with E-state index in [0.717, 1.165) is 5.56 Å². The minimum absolute atomic E-state index is 0.236. The second kappa shape index (κ2) is 3.78. The van der Waals surface area contributed by atoms with Gasteiger partial charge in [-0.25, -0.2) is 0 Å². The Labute approximate surface area is 80.1 Å². The van der Waals surface area contributed by atoms with Crippen molar-refractivity contribution in [3.8, 4) is 0 Å². The van der Waals surface area contributed by atoms with Crippen molar-refractivity contribution in [3.05, 3.63) is 42.0 Å². The first-order valence-corrected chi connectivity index (χ1v) is 4.16. The molecule has 5 nitrogen and oxygen atoms in total. The minimum atomic E-state index is -0.236. The quantitative estimate of drug-likeness (QED) is 0.758. The zero-order valence-electron chi connectivity index (χ0n) is 7.36. The molecule has 72 valence electrons. The van der Waals surface area contributed by atoms with Gasteiger partial charge in [-0.2, -0.15) is 0 Å². The van der Waals surface area contributed by atoms with E-state index in [2.05, 4.69) is 20.0 Å². The topological polar surface area (TPSA) is 70.9 Å². The summed E-state index contributed by atoms with van der Waals surface area (Å²) >= 11 is 0. The molecule has 0 aliphatic heterocycles. The summed E-state index contributed by atoms with van der Waals surface area (Å²) < 4.78 is 4.56. The van der Waals surface area contributed by atoms with Crippen molar-refractivity contribution < 1.29 is 9.32 Å². The largest absolute Gasteiger partial charge is 0.367 e. The van der Waals surface area contributed by atoms with Gasteiger partial charge in [0, 0.05) is 25.0 Å². The van der Waals surface area contributed by atoms with E-state index in [-0.39, 0.29) is 5.91 Å². The first kappa shape index (κ1) is 8.55. The fraction of sp³-hybridized carbons (Fsp3) is 0.111. The predicted molar refractivity (Wildman–Crippen MR) is 48.5 cm³/mol. The lowest BCUT2D eigenvalue weighted by molar-refractivity contribution is 0.0942. The van der Waals surface area contributed by atoms with Gasteiger partial charge in [-0.1, -0.05) is 5.16 Å². The highest BCUT2D eigenvalue weighted by atomic mass is 16.5. The van der Waals surface area contributed by atoms with Crippen LogP contribution in [0.25, 0.3) is 0 Å². The van der Waals surface area contributed by atoms with Gasteiger partial charge < -0.3 is 14.8 Å². The zero-order valence-corrected chi connectivity index (χ0v) is 7.36. The van der Waals surface area contributed by atoms with Gasteiger partial charge in [0.05, 0.1) is 0 Å². The number of amides is 1. The molecule has 0 spiro atoms. The summed E-state index contributed by atoms with van der Waals surface area (Å²) in [7, 11) is 0. The zero-order chi connectivity index (χ0) is 9.80. The van der Waals surface area contributed by atoms with Crippen LogP contribution >= 0.6 is 0 Å². The molecular formula is C9H9N3O2. The van der Waals surface area contributed by atoms with Gasteiger partial charge in [-0.05, 0) is 11.6 Å². The normalized spacial score (nSPS) is 10.0. The van der Waals surface area contributed by atoms with Crippen molar-refractivity contribution in [3.63, 3.8) is 0 Å². The monoisotopic (exact) mass is 191 g/mol. The molecule has 0 bridgehead atoms. The van der Waals surface area contributed by atoms with E-state index in [1.807, 2.05) is 12.3 Å². The van der Waals surface area contributed by atoms with Gasteiger partial charge in [-0.3, -0.25) is 4.79 Å². The number of hydrogen-bond acceptors (Lipinski definition) is 3. The van der Waals surface area contributed by atoms with Gasteiger partial charge >= 0.3 is 0 Å². The van der Waals surface area contributed by atoms with Gasteiger partial charge in [0.1, 0.15) is 6.26 Å². The highest BCUT2D eigenvalue weighted by Gasteiger charge is 2.07. The average Bonchev–Trinajstić information content (AvgIpc) is 2.87. The maximum absolute atomic E-state index is 11.4. The van der Waals surface area contributed by atoms with Crippen LogP contribution in [0, 0.1) is 0 Å².